The van der Waals surface area contributed by atoms with Crippen LogP contribution in [0, 0.1) is 6.92 Å². The Bertz CT molecular complexity index is 1190. The highest BCUT2D eigenvalue weighted by atomic mass is 35.5. The van der Waals surface area contributed by atoms with Gasteiger partial charge in [0.05, 0.1) is 24.7 Å². The Morgan fingerprint density at radius 3 is 2.57 bits per heavy atom. The molecule has 8 heteroatoms. The third-order valence-corrected chi connectivity index (χ3v) is 5.02. The number of fused-ring (bicyclic) bond motifs is 1. The van der Waals surface area contributed by atoms with Crippen molar-refractivity contribution in [3.05, 3.63) is 71.1 Å². The van der Waals surface area contributed by atoms with Gasteiger partial charge in [-0.2, -0.15) is 8.78 Å². The number of aromatic nitrogens is 3. The van der Waals surface area contributed by atoms with E-state index < -0.39 is 6.61 Å². The minimum atomic E-state index is -2.92. The molecule has 0 aliphatic rings. The Morgan fingerprint density at radius 1 is 1.07 bits per heavy atom. The molecular formula is C22H18ClF2N3O2. The van der Waals surface area contributed by atoms with E-state index in [0.717, 1.165) is 28.0 Å². The minimum Gasteiger partial charge on any atom is -0.481 e. The molecule has 2 heterocycles. The quantitative estimate of drug-likeness (QED) is 0.393. The van der Waals surface area contributed by atoms with Gasteiger partial charge in [-0.15, -0.1) is 0 Å². The topological polar surface area (TPSA) is 49.2 Å². The van der Waals surface area contributed by atoms with Crippen LogP contribution >= 0.6 is 11.6 Å². The van der Waals surface area contributed by atoms with Crippen LogP contribution in [0.1, 0.15) is 11.4 Å². The third-order valence-electron chi connectivity index (χ3n) is 4.78. The summed E-state index contributed by atoms with van der Waals surface area (Å²) >= 11 is 6.10. The van der Waals surface area contributed by atoms with Crippen molar-refractivity contribution in [3.8, 4) is 22.8 Å². The lowest BCUT2D eigenvalue weighted by molar-refractivity contribution is -0.0504. The van der Waals surface area contributed by atoms with Gasteiger partial charge in [-0.1, -0.05) is 17.7 Å². The highest BCUT2D eigenvalue weighted by Gasteiger charge is 2.15. The molecule has 0 amide bonds. The van der Waals surface area contributed by atoms with E-state index >= 15 is 0 Å². The highest BCUT2D eigenvalue weighted by Crippen LogP contribution is 2.29. The zero-order valence-electron chi connectivity index (χ0n) is 16.3. The van der Waals surface area contributed by atoms with Crippen LogP contribution < -0.4 is 9.47 Å². The summed E-state index contributed by atoms with van der Waals surface area (Å²) in [6.45, 7) is -0.762. The molecule has 0 saturated carbocycles. The second-order valence-electron chi connectivity index (χ2n) is 6.67. The molecule has 0 saturated heterocycles. The van der Waals surface area contributed by atoms with E-state index in [9.17, 15) is 8.78 Å². The first-order chi connectivity index (χ1) is 14.4. The van der Waals surface area contributed by atoms with Gasteiger partial charge in [0.2, 0.25) is 5.88 Å². The first-order valence-corrected chi connectivity index (χ1v) is 9.53. The molecule has 0 spiro atoms. The van der Waals surface area contributed by atoms with E-state index in [4.69, 9.17) is 16.3 Å². The van der Waals surface area contributed by atoms with Gasteiger partial charge in [-0.05, 0) is 48.9 Å². The maximum Gasteiger partial charge on any atom is 0.387 e. The third kappa shape index (κ3) is 4.07. The summed E-state index contributed by atoms with van der Waals surface area (Å²) in [4.78, 5) is 8.84. The van der Waals surface area contributed by atoms with Crippen molar-refractivity contribution in [2.24, 2.45) is 0 Å². The lowest BCUT2D eigenvalue weighted by Crippen LogP contribution is -2.08. The van der Waals surface area contributed by atoms with Crippen LogP contribution in [0.15, 0.2) is 54.7 Å². The average molecular weight is 430 g/mol. The summed E-state index contributed by atoms with van der Waals surface area (Å²) in [5.74, 6) is 1.37. The number of nitrogens with zero attached hydrogens (tertiary/aromatic N) is 3. The number of hydrogen-bond acceptors (Lipinski definition) is 4. The molecule has 0 bridgehead atoms. The first kappa shape index (κ1) is 20.1. The fraction of sp³-hybridized carbons (Fsp3) is 0.182. The number of rotatable bonds is 6. The molecule has 0 aliphatic carbocycles. The molecule has 0 radical (unpaired) electrons. The average Bonchev–Trinajstić information content (AvgIpc) is 3.04. The van der Waals surface area contributed by atoms with Crippen LogP contribution in [0.4, 0.5) is 8.78 Å². The summed E-state index contributed by atoms with van der Waals surface area (Å²) in [6, 6.07) is 14.2. The fourth-order valence-corrected chi connectivity index (χ4v) is 3.54. The van der Waals surface area contributed by atoms with Crippen LogP contribution in [0.5, 0.6) is 11.6 Å². The van der Waals surface area contributed by atoms with Crippen LogP contribution in [0.2, 0.25) is 5.02 Å². The smallest absolute Gasteiger partial charge is 0.387 e. The number of halogens is 3. The Labute approximate surface area is 176 Å². The Hall–Kier alpha value is -3.19. The summed E-state index contributed by atoms with van der Waals surface area (Å²) in [5.41, 5.74) is 4.09. The van der Waals surface area contributed by atoms with Crippen molar-refractivity contribution in [3.63, 3.8) is 0 Å². The Morgan fingerprint density at radius 2 is 1.87 bits per heavy atom. The second kappa shape index (κ2) is 8.28. The molecule has 0 fully saturated rings. The molecule has 0 aliphatic heterocycles. The normalized spacial score (nSPS) is 11.3. The molecule has 5 nitrogen and oxygen atoms in total. The molecule has 154 valence electrons. The summed E-state index contributed by atoms with van der Waals surface area (Å²) in [7, 11) is 1.57. The number of pyridine rings is 1. The van der Waals surface area contributed by atoms with E-state index in [1.807, 2.05) is 35.8 Å². The van der Waals surface area contributed by atoms with E-state index in [2.05, 4.69) is 14.7 Å². The van der Waals surface area contributed by atoms with Crippen molar-refractivity contribution in [2.45, 2.75) is 20.1 Å². The summed E-state index contributed by atoms with van der Waals surface area (Å²) < 4.78 is 37.4. The van der Waals surface area contributed by atoms with Gasteiger partial charge in [-0.3, -0.25) is 0 Å². The Kier molecular flexibility index (Phi) is 5.55. The van der Waals surface area contributed by atoms with E-state index in [1.54, 1.807) is 25.4 Å². The van der Waals surface area contributed by atoms with E-state index in [-0.39, 0.29) is 12.3 Å². The maximum atomic E-state index is 12.8. The molecule has 0 unspecified atom stereocenters. The lowest BCUT2D eigenvalue weighted by Gasteiger charge is -2.13. The molecule has 4 rings (SSSR count). The molecular weight excluding hydrogens is 412 g/mol. The van der Waals surface area contributed by atoms with Crippen LogP contribution in [0.3, 0.4) is 0 Å². The predicted octanol–water partition coefficient (Wildman–Crippen LogP) is 5.72. The van der Waals surface area contributed by atoms with Crippen LogP contribution in [0.25, 0.3) is 22.2 Å². The van der Waals surface area contributed by atoms with Gasteiger partial charge < -0.3 is 14.0 Å². The number of methoxy groups -OCH3 is 1. The number of imidazole rings is 1. The minimum absolute atomic E-state index is 0.0890. The molecule has 0 atom stereocenters. The molecule has 2 aromatic carbocycles. The largest absolute Gasteiger partial charge is 0.481 e. The van der Waals surface area contributed by atoms with Gasteiger partial charge >= 0.3 is 6.61 Å². The van der Waals surface area contributed by atoms with Gasteiger partial charge in [0.25, 0.3) is 0 Å². The molecule has 4 aromatic rings. The maximum absolute atomic E-state index is 12.8. The first-order valence-electron chi connectivity index (χ1n) is 9.15. The monoisotopic (exact) mass is 429 g/mol. The van der Waals surface area contributed by atoms with Crippen molar-refractivity contribution >= 4 is 22.6 Å². The van der Waals surface area contributed by atoms with E-state index in [0.29, 0.717) is 16.5 Å². The van der Waals surface area contributed by atoms with E-state index in [1.165, 1.54) is 12.1 Å². The van der Waals surface area contributed by atoms with Gasteiger partial charge in [0.1, 0.15) is 11.6 Å². The molecule has 30 heavy (non-hydrogen) atoms. The number of aryl methyl sites for hydroxylation is 1. The van der Waals surface area contributed by atoms with Crippen molar-refractivity contribution in [1.29, 1.82) is 0 Å². The molecule has 0 N–H and O–H groups in total. The summed E-state index contributed by atoms with van der Waals surface area (Å²) in [5, 5.41) is 0.443. The fourth-order valence-electron chi connectivity index (χ4n) is 3.35. The van der Waals surface area contributed by atoms with Crippen molar-refractivity contribution in [2.75, 3.05) is 7.11 Å². The van der Waals surface area contributed by atoms with Gasteiger partial charge in [-0.25, -0.2) is 9.97 Å². The molecule has 2 aromatic heterocycles. The number of ether oxygens (including phenoxy) is 2. The highest BCUT2D eigenvalue weighted by molar-refractivity contribution is 6.30. The number of hydrogen-bond donors (Lipinski definition) is 0. The number of benzene rings is 2. The predicted molar refractivity (Wildman–Crippen MR) is 111 cm³/mol. The van der Waals surface area contributed by atoms with Gasteiger partial charge in [0, 0.05) is 28.4 Å². The second-order valence-corrected chi connectivity index (χ2v) is 7.10. The van der Waals surface area contributed by atoms with Crippen LogP contribution in [-0.4, -0.2) is 28.3 Å². The number of alkyl halides is 2. The van der Waals surface area contributed by atoms with Crippen molar-refractivity contribution < 1.29 is 18.3 Å². The standard InChI is InChI=1S/C22H18ClF2N3O2/c1-13-27-18-6-3-14(15-4-8-21(29-2)26-11-15)10-19(18)28(13)12-16-9-17(23)5-7-20(16)30-22(24)25/h3-11,22H,12H2,1-2H3. The zero-order valence-corrected chi connectivity index (χ0v) is 17.0. The van der Waals surface area contributed by atoms with Crippen LogP contribution in [-0.2, 0) is 6.54 Å². The Balaban J connectivity index is 1.76. The lowest BCUT2D eigenvalue weighted by atomic mass is 10.1. The van der Waals surface area contributed by atoms with Crippen molar-refractivity contribution in [1.82, 2.24) is 14.5 Å². The SMILES string of the molecule is COc1ccc(-c2ccc3nc(C)n(Cc4cc(Cl)ccc4OC(F)F)c3c2)cn1. The van der Waals surface area contributed by atoms with Gasteiger partial charge in [0.15, 0.2) is 0 Å². The summed E-state index contributed by atoms with van der Waals surface area (Å²) in [6.07, 6.45) is 1.74. The zero-order chi connectivity index (χ0) is 21.3.